The van der Waals surface area contributed by atoms with Crippen LogP contribution in [-0.2, 0) is 6.42 Å². The van der Waals surface area contributed by atoms with Gasteiger partial charge in [-0.1, -0.05) is 6.07 Å². The molecule has 26 heavy (non-hydrogen) atoms. The summed E-state index contributed by atoms with van der Waals surface area (Å²) >= 11 is 0. The van der Waals surface area contributed by atoms with Gasteiger partial charge >= 0.3 is 5.69 Å². The summed E-state index contributed by atoms with van der Waals surface area (Å²) in [6.45, 7) is 3.72. The molecule has 3 atom stereocenters. The molecule has 5 rings (SSSR count). The van der Waals surface area contributed by atoms with E-state index in [1.54, 1.807) is 12.3 Å². The van der Waals surface area contributed by atoms with Crippen LogP contribution in [0, 0.1) is 11.3 Å². The van der Waals surface area contributed by atoms with Crippen molar-refractivity contribution in [3.8, 4) is 11.4 Å². The predicted octanol–water partition coefficient (Wildman–Crippen LogP) is 0.399. The Labute approximate surface area is 151 Å². The summed E-state index contributed by atoms with van der Waals surface area (Å²) in [5.41, 5.74) is 13.5. The fourth-order valence-electron chi connectivity index (χ4n) is 4.57. The highest BCUT2D eigenvalue weighted by atomic mass is 16.5. The lowest BCUT2D eigenvalue weighted by Crippen LogP contribution is -2.44. The highest BCUT2D eigenvalue weighted by Crippen LogP contribution is 2.57. The summed E-state index contributed by atoms with van der Waals surface area (Å²) in [5.74, 6) is 1.85. The number of fused-ring (bicyclic) bond motifs is 2. The van der Waals surface area contributed by atoms with Gasteiger partial charge in [0.1, 0.15) is 18.2 Å². The standard InChI is InChI=1S/C19H23N5O2/c20-10-19-7-13(19)8-23(11-19)15-5-12-1-2-14(6-16(12)26-9-15)24-4-3-17(21)22-18(24)25/h1-4,6,13,15H,5,7-11,20H2,(H2,21,22,25). The number of piperidine rings is 1. The molecule has 7 heteroatoms. The molecule has 1 saturated carbocycles. The van der Waals surface area contributed by atoms with Gasteiger partial charge in [0.05, 0.1) is 5.69 Å². The molecule has 2 aliphatic heterocycles. The minimum absolute atomic E-state index is 0.224. The van der Waals surface area contributed by atoms with Crippen molar-refractivity contribution in [2.75, 3.05) is 32.0 Å². The Hall–Kier alpha value is -2.38. The smallest absolute Gasteiger partial charge is 0.354 e. The molecule has 0 bridgehead atoms. The zero-order valence-electron chi connectivity index (χ0n) is 14.6. The lowest BCUT2D eigenvalue weighted by atomic mass is 10.00. The summed E-state index contributed by atoms with van der Waals surface area (Å²) < 4.78 is 7.53. The van der Waals surface area contributed by atoms with Gasteiger partial charge in [0.25, 0.3) is 0 Å². The summed E-state index contributed by atoms with van der Waals surface area (Å²) in [6.07, 6.45) is 3.90. The molecule has 136 valence electrons. The van der Waals surface area contributed by atoms with E-state index in [9.17, 15) is 4.79 Å². The molecule has 1 saturated heterocycles. The minimum atomic E-state index is -0.387. The monoisotopic (exact) mass is 353 g/mol. The lowest BCUT2D eigenvalue weighted by molar-refractivity contribution is 0.125. The lowest BCUT2D eigenvalue weighted by Gasteiger charge is -2.34. The Morgan fingerprint density at radius 1 is 1.35 bits per heavy atom. The van der Waals surface area contributed by atoms with E-state index < -0.39 is 0 Å². The van der Waals surface area contributed by atoms with E-state index in [0.717, 1.165) is 43.4 Å². The van der Waals surface area contributed by atoms with Gasteiger partial charge in [-0.2, -0.15) is 4.98 Å². The van der Waals surface area contributed by atoms with Crippen molar-refractivity contribution in [1.29, 1.82) is 0 Å². The number of nitrogens with two attached hydrogens (primary N) is 2. The summed E-state index contributed by atoms with van der Waals surface area (Å²) in [7, 11) is 0. The quantitative estimate of drug-likeness (QED) is 0.829. The van der Waals surface area contributed by atoms with Crippen molar-refractivity contribution in [2.45, 2.75) is 18.9 Å². The van der Waals surface area contributed by atoms with Gasteiger partial charge in [-0.05, 0) is 48.4 Å². The maximum absolute atomic E-state index is 12.0. The highest BCUT2D eigenvalue weighted by molar-refractivity contribution is 5.46. The van der Waals surface area contributed by atoms with Crippen molar-refractivity contribution < 1.29 is 4.74 Å². The SMILES string of the molecule is NCC12CC1CN(C1COc3cc(-n4ccc(N)nc4=O)ccc3C1)C2. The average molecular weight is 353 g/mol. The van der Waals surface area contributed by atoms with Gasteiger partial charge in [0, 0.05) is 31.4 Å². The number of likely N-dealkylation sites (tertiary alicyclic amines) is 1. The van der Waals surface area contributed by atoms with Crippen LogP contribution < -0.4 is 21.9 Å². The number of hydrogen-bond acceptors (Lipinski definition) is 6. The Bertz CT molecular complexity index is 922. The molecule has 0 spiro atoms. The summed E-state index contributed by atoms with van der Waals surface area (Å²) in [4.78, 5) is 18.4. The Balaban J connectivity index is 1.36. The van der Waals surface area contributed by atoms with E-state index in [-0.39, 0.29) is 11.5 Å². The minimum Gasteiger partial charge on any atom is -0.492 e. The zero-order chi connectivity index (χ0) is 17.9. The topological polar surface area (TPSA) is 99.4 Å². The van der Waals surface area contributed by atoms with E-state index in [0.29, 0.717) is 18.1 Å². The number of benzene rings is 1. The number of nitrogens with zero attached hydrogens (tertiary/aromatic N) is 3. The molecule has 1 aromatic heterocycles. The van der Waals surface area contributed by atoms with Crippen molar-refractivity contribution in [3.63, 3.8) is 0 Å². The molecule has 1 aliphatic carbocycles. The maximum atomic E-state index is 12.0. The van der Waals surface area contributed by atoms with E-state index in [2.05, 4.69) is 16.0 Å². The molecule has 3 unspecified atom stereocenters. The molecule has 3 aliphatic rings. The first-order valence-corrected chi connectivity index (χ1v) is 9.13. The van der Waals surface area contributed by atoms with Crippen molar-refractivity contribution >= 4 is 5.82 Å². The molecule has 3 heterocycles. The van der Waals surface area contributed by atoms with Gasteiger partial charge in [-0.25, -0.2) is 4.79 Å². The third-order valence-corrected chi connectivity index (χ3v) is 6.30. The van der Waals surface area contributed by atoms with Gasteiger partial charge < -0.3 is 16.2 Å². The second kappa shape index (κ2) is 5.56. The number of hydrogen-bond donors (Lipinski definition) is 2. The fraction of sp³-hybridized carbons (Fsp3) is 0.474. The summed E-state index contributed by atoms with van der Waals surface area (Å²) in [6, 6.07) is 7.92. The molecule has 0 amide bonds. The van der Waals surface area contributed by atoms with E-state index in [1.807, 2.05) is 12.1 Å². The maximum Gasteiger partial charge on any atom is 0.354 e. The largest absolute Gasteiger partial charge is 0.492 e. The van der Waals surface area contributed by atoms with Crippen LogP contribution in [-0.4, -0.2) is 46.7 Å². The van der Waals surface area contributed by atoms with Crippen molar-refractivity contribution in [1.82, 2.24) is 14.5 Å². The van der Waals surface area contributed by atoms with E-state index in [1.165, 1.54) is 16.6 Å². The van der Waals surface area contributed by atoms with E-state index >= 15 is 0 Å². The molecular weight excluding hydrogens is 330 g/mol. The average Bonchev–Trinajstić information content (AvgIpc) is 3.21. The van der Waals surface area contributed by atoms with E-state index in [4.69, 9.17) is 16.2 Å². The van der Waals surface area contributed by atoms with Crippen LogP contribution in [0.25, 0.3) is 5.69 Å². The summed E-state index contributed by atoms with van der Waals surface area (Å²) in [5, 5.41) is 0. The molecule has 1 aromatic carbocycles. The van der Waals surface area contributed by atoms with Crippen LogP contribution >= 0.6 is 0 Å². The molecule has 2 aromatic rings. The van der Waals surface area contributed by atoms with Gasteiger partial charge in [-0.3, -0.25) is 9.47 Å². The van der Waals surface area contributed by atoms with Crippen LogP contribution in [0.5, 0.6) is 5.75 Å². The molecule has 7 nitrogen and oxygen atoms in total. The van der Waals surface area contributed by atoms with Crippen molar-refractivity contribution in [3.05, 3.63) is 46.5 Å². The number of aromatic nitrogens is 2. The van der Waals surface area contributed by atoms with Gasteiger partial charge in [0.2, 0.25) is 0 Å². The van der Waals surface area contributed by atoms with Crippen LogP contribution in [0.3, 0.4) is 0 Å². The third kappa shape index (κ3) is 2.42. The third-order valence-electron chi connectivity index (χ3n) is 6.30. The van der Waals surface area contributed by atoms with Gasteiger partial charge in [0.15, 0.2) is 0 Å². The number of nitrogen functional groups attached to an aromatic ring is 1. The Morgan fingerprint density at radius 3 is 3.00 bits per heavy atom. The Morgan fingerprint density at radius 2 is 2.23 bits per heavy atom. The second-order valence-corrected chi connectivity index (χ2v) is 7.86. The van der Waals surface area contributed by atoms with Crippen LogP contribution in [0.15, 0.2) is 35.3 Å². The first-order valence-electron chi connectivity index (χ1n) is 9.13. The number of ether oxygens (including phenoxy) is 1. The van der Waals surface area contributed by atoms with Crippen LogP contribution in [0.1, 0.15) is 12.0 Å². The van der Waals surface area contributed by atoms with Crippen LogP contribution in [0.2, 0.25) is 0 Å². The molecule has 4 N–H and O–H groups in total. The molecule has 0 radical (unpaired) electrons. The molecular formula is C19H23N5O2. The highest BCUT2D eigenvalue weighted by Gasteiger charge is 2.59. The normalized spacial score (nSPS) is 29.7. The van der Waals surface area contributed by atoms with Crippen LogP contribution in [0.4, 0.5) is 5.82 Å². The second-order valence-electron chi connectivity index (χ2n) is 7.86. The first-order chi connectivity index (χ1) is 12.6. The predicted molar refractivity (Wildman–Crippen MR) is 98.4 cm³/mol. The fourth-order valence-corrected chi connectivity index (χ4v) is 4.57. The first kappa shape index (κ1) is 15.8. The number of rotatable bonds is 3. The number of anilines is 1. The zero-order valence-corrected chi connectivity index (χ0v) is 14.6. The van der Waals surface area contributed by atoms with Gasteiger partial charge in [-0.15, -0.1) is 0 Å². The molecule has 2 fully saturated rings. The van der Waals surface area contributed by atoms with Crippen molar-refractivity contribution in [2.24, 2.45) is 17.1 Å². The Kier molecular flexibility index (Phi) is 3.39.